The molecule has 1 aliphatic carbocycles. The minimum Gasteiger partial charge on any atom is -0.383 e. The summed E-state index contributed by atoms with van der Waals surface area (Å²) in [5.74, 6) is 0.230. The normalized spacial score (nSPS) is 16.2. The van der Waals surface area contributed by atoms with E-state index in [0.717, 1.165) is 0 Å². The van der Waals surface area contributed by atoms with Gasteiger partial charge in [-0.1, -0.05) is 0 Å². The van der Waals surface area contributed by atoms with Gasteiger partial charge in [0.25, 0.3) is 5.91 Å². The molecule has 1 saturated carbocycles. The highest BCUT2D eigenvalue weighted by Crippen LogP contribution is 2.35. The first-order valence-corrected chi connectivity index (χ1v) is 6.69. The maximum Gasteiger partial charge on any atom is 0.254 e. The molecule has 1 aliphatic rings. The van der Waals surface area contributed by atoms with Crippen LogP contribution in [0.2, 0.25) is 0 Å². The van der Waals surface area contributed by atoms with Crippen LogP contribution in [0.15, 0.2) is 24.3 Å². The highest BCUT2D eigenvalue weighted by molar-refractivity contribution is 5.94. The average molecular weight is 265 g/mol. The summed E-state index contributed by atoms with van der Waals surface area (Å²) in [6, 6.07) is 5.94. The first-order chi connectivity index (χ1) is 9.13. The molecule has 0 aromatic heterocycles. The van der Waals surface area contributed by atoms with Gasteiger partial charge in [0.05, 0.1) is 6.61 Å². The lowest BCUT2D eigenvalue weighted by Gasteiger charge is -2.29. The first kappa shape index (κ1) is 14.0. The zero-order valence-corrected chi connectivity index (χ0v) is 11.4. The molecule has 1 amide bonds. The molecule has 2 rings (SSSR count). The van der Waals surface area contributed by atoms with Crippen LogP contribution in [0.1, 0.15) is 30.1 Å². The number of hydrogen-bond donors (Lipinski definition) is 0. The van der Waals surface area contributed by atoms with Crippen LogP contribution in [0, 0.1) is 11.7 Å². The lowest BCUT2D eigenvalue weighted by molar-refractivity contribution is 0.0594. The van der Waals surface area contributed by atoms with Crippen molar-refractivity contribution in [2.45, 2.75) is 25.8 Å². The molecule has 3 nitrogen and oxygen atoms in total. The van der Waals surface area contributed by atoms with Crippen molar-refractivity contribution in [2.24, 2.45) is 5.92 Å². The van der Waals surface area contributed by atoms with Crippen molar-refractivity contribution in [1.82, 2.24) is 4.90 Å². The zero-order chi connectivity index (χ0) is 13.8. The van der Waals surface area contributed by atoms with E-state index in [0.29, 0.717) is 24.6 Å². The Balaban J connectivity index is 2.11. The molecule has 1 unspecified atom stereocenters. The molecule has 4 heteroatoms. The minimum absolute atomic E-state index is 0.0450. The third-order valence-corrected chi connectivity index (χ3v) is 3.68. The lowest BCUT2D eigenvalue weighted by atomic mass is 10.1. The number of benzene rings is 1. The quantitative estimate of drug-likeness (QED) is 0.791. The third kappa shape index (κ3) is 3.53. The van der Waals surface area contributed by atoms with E-state index in [9.17, 15) is 9.18 Å². The van der Waals surface area contributed by atoms with Crippen molar-refractivity contribution >= 4 is 5.91 Å². The molecule has 0 radical (unpaired) electrons. The largest absolute Gasteiger partial charge is 0.383 e. The summed E-state index contributed by atoms with van der Waals surface area (Å²) in [5.41, 5.74) is 0.532. The van der Waals surface area contributed by atoms with E-state index in [1.807, 2.05) is 4.90 Å². The van der Waals surface area contributed by atoms with E-state index in [1.165, 1.54) is 37.1 Å². The molecule has 1 aromatic carbocycles. The topological polar surface area (TPSA) is 29.5 Å². The van der Waals surface area contributed by atoms with E-state index in [-0.39, 0.29) is 17.8 Å². The lowest BCUT2D eigenvalue weighted by Crippen LogP contribution is -2.42. The van der Waals surface area contributed by atoms with Gasteiger partial charge in [-0.05, 0) is 49.9 Å². The molecule has 0 spiro atoms. The van der Waals surface area contributed by atoms with Crippen molar-refractivity contribution in [2.75, 3.05) is 20.3 Å². The van der Waals surface area contributed by atoms with Crippen LogP contribution in [0.25, 0.3) is 0 Å². The third-order valence-electron chi connectivity index (χ3n) is 3.68. The van der Waals surface area contributed by atoms with Crippen LogP contribution in [0.5, 0.6) is 0 Å². The minimum atomic E-state index is -0.324. The molecule has 0 heterocycles. The number of carbonyl (C=O) groups is 1. The van der Waals surface area contributed by atoms with Gasteiger partial charge >= 0.3 is 0 Å². The van der Waals surface area contributed by atoms with Crippen LogP contribution in [0.3, 0.4) is 0 Å². The Bertz CT molecular complexity index is 428. The number of amides is 1. The molecular formula is C15H20FNO2. The van der Waals surface area contributed by atoms with Crippen molar-refractivity contribution in [1.29, 1.82) is 0 Å². The number of methoxy groups -OCH3 is 1. The fraction of sp³-hybridized carbons (Fsp3) is 0.533. The van der Waals surface area contributed by atoms with E-state index in [4.69, 9.17) is 4.74 Å². The van der Waals surface area contributed by atoms with E-state index >= 15 is 0 Å². The Morgan fingerprint density at radius 3 is 2.58 bits per heavy atom. The van der Waals surface area contributed by atoms with E-state index in [2.05, 4.69) is 6.92 Å². The molecule has 1 fully saturated rings. The fourth-order valence-corrected chi connectivity index (χ4v) is 2.27. The zero-order valence-electron chi connectivity index (χ0n) is 11.4. The summed E-state index contributed by atoms with van der Waals surface area (Å²) in [4.78, 5) is 14.3. The highest BCUT2D eigenvalue weighted by Gasteiger charge is 2.34. The van der Waals surface area contributed by atoms with Crippen LogP contribution < -0.4 is 0 Å². The highest BCUT2D eigenvalue weighted by atomic mass is 19.1. The standard InChI is InChI=1S/C15H20FNO2/c1-11(12-3-4-12)17(9-10-19-2)15(18)13-5-7-14(16)8-6-13/h5-8,11-12H,3-4,9-10H2,1-2H3. The molecule has 0 N–H and O–H groups in total. The number of ether oxygens (including phenoxy) is 1. The molecular weight excluding hydrogens is 245 g/mol. The van der Waals surface area contributed by atoms with Gasteiger partial charge in [0.1, 0.15) is 5.82 Å². The van der Waals surface area contributed by atoms with Gasteiger partial charge in [-0.2, -0.15) is 0 Å². The monoisotopic (exact) mass is 265 g/mol. The van der Waals surface area contributed by atoms with Crippen LogP contribution >= 0.6 is 0 Å². The number of rotatable bonds is 6. The maximum absolute atomic E-state index is 12.9. The van der Waals surface area contributed by atoms with Gasteiger partial charge in [-0.25, -0.2) is 4.39 Å². The molecule has 19 heavy (non-hydrogen) atoms. The summed E-state index contributed by atoms with van der Waals surface area (Å²) in [6.45, 7) is 3.17. The van der Waals surface area contributed by atoms with Crippen molar-refractivity contribution in [3.8, 4) is 0 Å². The second kappa shape index (κ2) is 6.15. The summed E-state index contributed by atoms with van der Waals surface area (Å²) in [5, 5.41) is 0. The van der Waals surface area contributed by atoms with Gasteiger partial charge < -0.3 is 9.64 Å². The second-order valence-corrected chi connectivity index (χ2v) is 5.08. The second-order valence-electron chi connectivity index (χ2n) is 5.08. The molecule has 104 valence electrons. The van der Waals surface area contributed by atoms with Gasteiger partial charge in [0.2, 0.25) is 0 Å². The predicted molar refractivity (Wildman–Crippen MR) is 71.5 cm³/mol. The summed E-state index contributed by atoms with van der Waals surface area (Å²) in [6.07, 6.45) is 2.36. The van der Waals surface area contributed by atoms with Crippen molar-refractivity contribution in [3.05, 3.63) is 35.6 Å². The van der Waals surface area contributed by atoms with Crippen molar-refractivity contribution in [3.63, 3.8) is 0 Å². The van der Waals surface area contributed by atoms with E-state index < -0.39 is 0 Å². The van der Waals surface area contributed by atoms with Crippen LogP contribution in [-0.4, -0.2) is 37.1 Å². The van der Waals surface area contributed by atoms with Gasteiger partial charge in [-0.3, -0.25) is 4.79 Å². The number of halogens is 1. The number of hydrogen-bond acceptors (Lipinski definition) is 2. The summed E-state index contributed by atoms with van der Waals surface area (Å²) < 4.78 is 18.0. The van der Waals surface area contributed by atoms with E-state index in [1.54, 1.807) is 7.11 Å². The van der Waals surface area contributed by atoms with Gasteiger partial charge in [0, 0.05) is 25.3 Å². The molecule has 0 bridgehead atoms. The molecule has 0 saturated heterocycles. The Morgan fingerprint density at radius 2 is 2.05 bits per heavy atom. The average Bonchev–Trinajstić information content (AvgIpc) is 3.23. The molecule has 0 aliphatic heterocycles. The summed E-state index contributed by atoms with van der Waals surface area (Å²) >= 11 is 0. The van der Waals surface area contributed by atoms with Crippen LogP contribution in [-0.2, 0) is 4.74 Å². The SMILES string of the molecule is COCCN(C(=O)c1ccc(F)cc1)C(C)C1CC1. The first-order valence-electron chi connectivity index (χ1n) is 6.69. The predicted octanol–water partition coefficient (Wildman–Crippen LogP) is 2.71. The smallest absolute Gasteiger partial charge is 0.254 e. The number of carbonyl (C=O) groups excluding carboxylic acids is 1. The fourth-order valence-electron chi connectivity index (χ4n) is 2.27. The Kier molecular flexibility index (Phi) is 4.53. The number of nitrogens with zero attached hydrogens (tertiary/aromatic N) is 1. The summed E-state index contributed by atoms with van der Waals surface area (Å²) in [7, 11) is 1.63. The van der Waals surface area contributed by atoms with Gasteiger partial charge in [-0.15, -0.1) is 0 Å². The Morgan fingerprint density at radius 1 is 1.42 bits per heavy atom. The molecule has 1 atom stereocenters. The molecule has 1 aromatic rings. The van der Waals surface area contributed by atoms with Crippen molar-refractivity contribution < 1.29 is 13.9 Å². The Hall–Kier alpha value is -1.42. The Labute approximate surface area is 113 Å². The van der Waals surface area contributed by atoms with Gasteiger partial charge in [0.15, 0.2) is 0 Å². The van der Waals surface area contributed by atoms with Crippen LogP contribution in [0.4, 0.5) is 4.39 Å². The maximum atomic E-state index is 12.9.